The number of thiol groups is 1. The fraction of sp³-hybridized carbons (Fsp3) is 0.694. The molecular weight excluding hydrogens is 1140 g/mol. The SMILES string of the molecule is C=C(CC)C(=O)OCC.CCOC(=O)C(CC)CN(CC(CC)C(=O)OCC)C(CSCC(C(=O)OCC)C(=O)OCC)C(=O)O.CCOC(=O)C(CSCC(N)C(=O)O)C(=O)OCC.NC(CS)C(=O)O.O=C=O.O=C=O.O=C=O. The minimum Gasteiger partial charge on any atom is -0.480 e. The summed E-state index contributed by atoms with van der Waals surface area (Å²) in [7, 11) is 0. The molecule has 29 nitrogen and oxygen atoms in total. The summed E-state index contributed by atoms with van der Waals surface area (Å²) in [4.78, 5) is 166. The average molecular weight is 1220 g/mol. The first-order chi connectivity index (χ1) is 38.2. The molecule has 0 fully saturated rings. The van der Waals surface area contributed by atoms with Crippen molar-refractivity contribution >= 4 is 114 Å². The zero-order valence-corrected chi connectivity index (χ0v) is 49.9. The van der Waals surface area contributed by atoms with Gasteiger partial charge in [0, 0.05) is 47.4 Å². The Hall–Kier alpha value is -6.49. The molecule has 32 heteroatoms. The van der Waals surface area contributed by atoms with Crippen LogP contribution < -0.4 is 11.5 Å². The molecule has 0 rings (SSSR count). The van der Waals surface area contributed by atoms with E-state index in [0.717, 1.165) is 23.5 Å². The molecule has 5 unspecified atom stereocenters. The van der Waals surface area contributed by atoms with Gasteiger partial charge in [-0.1, -0.05) is 27.4 Å². The molecule has 0 amide bonds. The number of rotatable bonds is 34. The zero-order valence-electron chi connectivity index (χ0n) is 47.4. The van der Waals surface area contributed by atoms with Crippen molar-refractivity contribution < 1.29 is 125 Å². The third kappa shape index (κ3) is 50.2. The minimum atomic E-state index is -1.20. The van der Waals surface area contributed by atoms with Gasteiger partial charge in [-0.15, -0.1) is 0 Å². The fourth-order valence-corrected chi connectivity index (χ4v) is 7.48. The largest absolute Gasteiger partial charge is 0.480 e. The molecule has 7 N–H and O–H groups in total. The molecule has 81 heavy (non-hydrogen) atoms. The molecule has 0 saturated carbocycles. The molecule has 0 aliphatic rings. The van der Waals surface area contributed by atoms with E-state index in [0.29, 0.717) is 31.4 Å². The number of carboxylic acid groups (broad SMARTS) is 3. The molecule has 466 valence electrons. The van der Waals surface area contributed by atoms with Gasteiger partial charge in [-0.2, -0.15) is 64.9 Å². The van der Waals surface area contributed by atoms with Crippen LogP contribution >= 0.6 is 36.2 Å². The van der Waals surface area contributed by atoms with E-state index in [9.17, 15) is 53.1 Å². The van der Waals surface area contributed by atoms with E-state index in [4.69, 9.17) is 78.9 Å². The lowest BCUT2D eigenvalue weighted by Crippen LogP contribution is -2.49. The molecule has 5 atom stereocenters. The molecule has 0 aromatic heterocycles. The molecule has 0 saturated heterocycles. The van der Waals surface area contributed by atoms with Crippen molar-refractivity contribution in [3.8, 4) is 0 Å². The Labute approximate surface area is 484 Å². The first-order valence-electron chi connectivity index (χ1n) is 24.7. The fourth-order valence-electron chi connectivity index (χ4n) is 5.06. The van der Waals surface area contributed by atoms with Crippen LogP contribution in [0.2, 0.25) is 0 Å². The van der Waals surface area contributed by atoms with Crippen LogP contribution in [-0.2, 0) is 110 Å². The first kappa shape index (κ1) is 88.3. The molecule has 0 heterocycles. The highest BCUT2D eigenvalue weighted by molar-refractivity contribution is 7.99. The van der Waals surface area contributed by atoms with E-state index in [1.54, 1.807) is 67.2 Å². The van der Waals surface area contributed by atoms with E-state index in [2.05, 4.69) is 23.9 Å². The molecule has 0 radical (unpaired) electrons. The van der Waals surface area contributed by atoms with Crippen LogP contribution in [0.4, 0.5) is 0 Å². The summed E-state index contributed by atoms with van der Waals surface area (Å²) in [5.74, 6) is -10.4. The van der Waals surface area contributed by atoms with Crippen molar-refractivity contribution in [1.29, 1.82) is 0 Å². The summed E-state index contributed by atoms with van der Waals surface area (Å²) in [6.45, 7) is 22.1. The van der Waals surface area contributed by atoms with Crippen molar-refractivity contribution in [2.75, 3.05) is 88.1 Å². The number of esters is 7. The molecule has 0 aromatic rings. The zero-order chi connectivity index (χ0) is 64.5. The predicted molar refractivity (Wildman–Crippen MR) is 288 cm³/mol. The third-order valence-electron chi connectivity index (χ3n) is 9.11. The van der Waals surface area contributed by atoms with Crippen molar-refractivity contribution in [3.63, 3.8) is 0 Å². The van der Waals surface area contributed by atoms with Crippen LogP contribution in [0.15, 0.2) is 12.2 Å². The number of carbonyl (C=O) groups excluding carboxylic acids is 13. The predicted octanol–water partition coefficient (Wildman–Crippen LogP) is 1.36. The number of nitrogens with zero attached hydrogens (tertiary/aromatic N) is 1. The van der Waals surface area contributed by atoms with Gasteiger partial charge in [0.1, 0.15) is 18.1 Å². The Morgan fingerprint density at radius 1 is 0.469 bits per heavy atom. The second-order valence-corrected chi connectivity index (χ2v) is 17.2. The maximum atomic E-state index is 12.5. The van der Waals surface area contributed by atoms with E-state index < -0.39 is 95.5 Å². The molecule has 0 bridgehead atoms. The first-order valence-corrected chi connectivity index (χ1v) is 27.7. The topological polar surface area (TPSA) is 454 Å². The second kappa shape index (κ2) is 61.1. The second-order valence-electron chi connectivity index (χ2n) is 14.7. The molecule has 0 aliphatic carbocycles. The summed E-state index contributed by atoms with van der Waals surface area (Å²) in [5, 5.41) is 26.7. The number of aliphatic carboxylic acids is 3. The van der Waals surface area contributed by atoms with Crippen molar-refractivity contribution in [2.24, 2.45) is 35.1 Å². The normalized spacial score (nSPS) is 11.4. The summed E-state index contributed by atoms with van der Waals surface area (Å²) in [6, 6.07) is -2.96. The Balaban J connectivity index is -0.000000204. The van der Waals surface area contributed by atoms with Gasteiger partial charge >= 0.3 is 78.1 Å². The highest BCUT2D eigenvalue weighted by Gasteiger charge is 2.36. The summed E-state index contributed by atoms with van der Waals surface area (Å²) in [5.41, 5.74) is 10.8. The van der Waals surface area contributed by atoms with Crippen molar-refractivity contribution in [3.05, 3.63) is 12.2 Å². The molecule has 0 spiro atoms. The molecule has 0 aliphatic heterocycles. The summed E-state index contributed by atoms with van der Waals surface area (Å²) in [6.07, 6.45) is 2.25. The van der Waals surface area contributed by atoms with E-state index >= 15 is 0 Å². The van der Waals surface area contributed by atoms with Crippen molar-refractivity contribution in [2.45, 2.75) is 107 Å². The lowest BCUT2D eigenvalue weighted by Gasteiger charge is -2.33. The van der Waals surface area contributed by atoms with E-state index in [-0.39, 0.29) is 106 Å². The summed E-state index contributed by atoms with van der Waals surface area (Å²) >= 11 is 5.83. The molecular formula is C49H81N3O26S3. The summed E-state index contributed by atoms with van der Waals surface area (Å²) < 4.78 is 34.5. The average Bonchev–Trinajstić information content (AvgIpc) is 3.41. The smallest absolute Gasteiger partial charge is 0.373 e. The lowest BCUT2D eigenvalue weighted by molar-refractivity contribution is -0.193. The third-order valence-corrected chi connectivity index (χ3v) is 11.8. The number of carbonyl (C=O) groups is 10. The standard InChI is InChI=1S/C25H43NO10S.C11H19NO6S.C7H12O2.C3H7NO2S.3CO2/c1-7-17(22(29)33-9-3)13-26(14-18(8-2)23(30)34-10-4)20(21(27)28)16-37-15-19(24(31)35-11-5)25(32)36-12-6;1-3-17-10(15)7(11(16)18-4-2)5-19-6-8(12)9(13)14;1-4-6(3)7(8)9-5-2;4-2(1-7)3(5)6;3*2-1-3/h17-20H,7-16H2,1-6H3,(H,27,28);7-8H,3-6,12H2,1-2H3,(H,13,14);3-5H2,1-2H3;2,7H,1,4H2,(H,5,6);;;. The van der Waals surface area contributed by atoms with E-state index in [1.165, 1.54) is 0 Å². The van der Waals surface area contributed by atoms with Crippen LogP contribution in [0.5, 0.6) is 0 Å². The number of thioether (sulfide) groups is 2. The quantitative estimate of drug-likeness (QED) is 0.0174. The minimum absolute atomic E-state index is 0.0108. The van der Waals surface area contributed by atoms with Crippen LogP contribution in [0, 0.1) is 23.7 Å². The number of hydrogen-bond donors (Lipinski definition) is 6. The van der Waals surface area contributed by atoms with E-state index in [1.807, 2.05) is 6.92 Å². The number of carboxylic acids is 3. The Morgan fingerprint density at radius 3 is 0.975 bits per heavy atom. The van der Waals surface area contributed by atoms with Gasteiger partial charge in [-0.25, -0.2) is 4.79 Å². The van der Waals surface area contributed by atoms with Gasteiger partial charge < -0.3 is 59.9 Å². The van der Waals surface area contributed by atoms with Gasteiger partial charge in [-0.3, -0.25) is 48.1 Å². The maximum absolute atomic E-state index is 12.5. The maximum Gasteiger partial charge on any atom is 0.373 e. The van der Waals surface area contributed by atoms with Crippen LogP contribution in [0.25, 0.3) is 0 Å². The van der Waals surface area contributed by atoms with Crippen LogP contribution in [0.1, 0.15) is 88.5 Å². The number of ether oxygens (including phenoxy) is 7. The van der Waals surface area contributed by atoms with Crippen molar-refractivity contribution in [1.82, 2.24) is 4.90 Å². The van der Waals surface area contributed by atoms with Gasteiger partial charge in [0.2, 0.25) is 0 Å². The Bertz CT molecular complexity index is 1830. The molecule has 0 aromatic carbocycles. The van der Waals surface area contributed by atoms with Crippen LogP contribution in [-0.4, -0.2) is 205 Å². The number of nitrogens with two attached hydrogens (primary N) is 2. The lowest BCUT2D eigenvalue weighted by atomic mass is 10.0. The van der Waals surface area contributed by atoms with Gasteiger partial charge in [-0.05, 0) is 67.7 Å². The highest BCUT2D eigenvalue weighted by Crippen LogP contribution is 2.21. The van der Waals surface area contributed by atoms with Gasteiger partial charge in [0.05, 0.1) is 58.1 Å². The monoisotopic (exact) mass is 1220 g/mol. The van der Waals surface area contributed by atoms with Crippen LogP contribution in [0.3, 0.4) is 0 Å². The highest BCUT2D eigenvalue weighted by atomic mass is 32.2. The Morgan fingerprint density at radius 2 is 0.753 bits per heavy atom. The number of hydrogen-bond acceptors (Lipinski definition) is 29. The van der Waals surface area contributed by atoms with Gasteiger partial charge in [0.15, 0.2) is 11.8 Å². The Kier molecular flexibility index (Phi) is 66.7. The van der Waals surface area contributed by atoms with Gasteiger partial charge in [0.25, 0.3) is 0 Å².